The smallest absolute Gasteiger partial charge is 0.159 e. The van der Waals surface area contributed by atoms with E-state index in [0.29, 0.717) is 0 Å². The molecular weight excluding hydrogens is 557 g/mol. The summed E-state index contributed by atoms with van der Waals surface area (Å²) in [6.45, 7) is 5.31. The molecule has 3 rings (SSSR count). The Balaban J connectivity index is 1.42. The molecule has 1 aromatic carbocycles. The summed E-state index contributed by atoms with van der Waals surface area (Å²) < 4.78 is 5.85. The first-order valence-corrected chi connectivity index (χ1v) is 19.2. The van der Waals surface area contributed by atoms with E-state index in [1.165, 1.54) is 96.3 Å². The zero-order valence-electron chi connectivity index (χ0n) is 26.7. The first kappa shape index (κ1) is 35.2. The van der Waals surface area contributed by atoms with Gasteiger partial charge in [-0.15, -0.1) is 23.5 Å². The maximum Gasteiger partial charge on any atom is 0.159 e. The number of hydrogen-bond acceptors (Lipinski definition) is 6. The Bertz CT molecular complexity index is 932. The Hall–Kier alpha value is -1.24. The molecule has 0 aliphatic carbocycles. The van der Waals surface area contributed by atoms with Crippen molar-refractivity contribution in [2.24, 2.45) is 0 Å². The SMILES string of the molecule is CCCCCCCCCCCCOc1ccc(-c2ncc(C3(C[C@H](O)CCCCCCCC)SCCCS3)cn2)cc1. The van der Waals surface area contributed by atoms with Gasteiger partial charge in [0, 0.05) is 29.9 Å². The highest BCUT2D eigenvalue weighted by Crippen LogP contribution is 2.53. The summed E-state index contributed by atoms with van der Waals surface area (Å²) in [5, 5.41) is 11.0. The fourth-order valence-electron chi connectivity index (χ4n) is 5.70. The molecule has 1 fully saturated rings. The van der Waals surface area contributed by atoms with E-state index in [2.05, 4.69) is 26.0 Å². The van der Waals surface area contributed by atoms with Crippen molar-refractivity contribution >= 4 is 23.5 Å². The van der Waals surface area contributed by atoms with Gasteiger partial charge in [-0.2, -0.15) is 0 Å². The Labute approximate surface area is 266 Å². The summed E-state index contributed by atoms with van der Waals surface area (Å²) in [5.74, 6) is 3.91. The number of thioether (sulfide) groups is 2. The standard InChI is InChI=1S/C36H58N2O2S2/c1-3-5-7-9-11-12-13-14-16-18-25-40-34-23-21-31(22-24-34)35-37-29-32(30-38-35)36(41-26-19-27-42-36)28-33(39)20-17-15-10-8-6-4-2/h21-24,29-30,33,39H,3-20,25-28H2,1-2H3/t33-/m1/s1. The lowest BCUT2D eigenvalue weighted by atomic mass is 10.0. The molecular formula is C36H58N2O2S2. The molecule has 2 aromatic rings. The van der Waals surface area contributed by atoms with E-state index in [1.807, 2.05) is 48.1 Å². The first-order chi connectivity index (χ1) is 20.7. The molecule has 0 bridgehead atoms. The van der Waals surface area contributed by atoms with Crippen LogP contribution in [0.3, 0.4) is 0 Å². The monoisotopic (exact) mass is 614 g/mol. The normalized spacial score (nSPS) is 15.5. The quantitative estimate of drug-likeness (QED) is 0.126. The third-order valence-corrected chi connectivity index (χ3v) is 11.8. The minimum atomic E-state index is -0.276. The highest BCUT2D eigenvalue weighted by atomic mass is 32.2. The van der Waals surface area contributed by atoms with Gasteiger partial charge in [-0.05, 0) is 55.0 Å². The van der Waals surface area contributed by atoms with Crippen LogP contribution in [0.4, 0.5) is 0 Å². The Kier molecular flexibility index (Phi) is 18.0. The van der Waals surface area contributed by atoms with Crippen LogP contribution in [0.15, 0.2) is 36.7 Å². The summed E-state index contributed by atoms with van der Waals surface area (Å²) in [5.41, 5.74) is 2.15. The summed E-state index contributed by atoms with van der Waals surface area (Å²) in [7, 11) is 0. The summed E-state index contributed by atoms with van der Waals surface area (Å²) in [4.78, 5) is 9.56. The van der Waals surface area contributed by atoms with E-state index in [-0.39, 0.29) is 10.2 Å². The Morgan fingerprint density at radius 2 is 1.26 bits per heavy atom. The van der Waals surface area contributed by atoms with Crippen molar-refractivity contribution in [2.75, 3.05) is 18.1 Å². The van der Waals surface area contributed by atoms with Gasteiger partial charge in [-0.25, -0.2) is 9.97 Å². The second-order valence-corrected chi connectivity index (χ2v) is 15.1. The molecule has 1 N–H and O–H groups in total. The van der Waals surface area contributed by atoms with Crippen LogP contribution in [0, 0.1) is 0 Å². The van der Waals surface area contributed by atoms with E-state index < -0.39 is 0 Å². The molecule has 236 valence electrons. The highest BCUT2D eigenvalue weighted by Gasteiger charge is 2.38. The molecule has 6 heteroatoms. The van der Waals surface area contributed by atoms with E-state index in [1.54, 1.807) is 0 Å². The lowest BCUT2D eigenvalue weighted by Gasteiger charge is -2.37. The van der Waals surface area contributed by atoms with Crippen molar-refractivity contribution in [2.45, 2.75) is 146 Å². The number of ether oxygens (including phenoxy) is 1. The van der Waals surface area contributed by atoms with Gasteiger partial charge in [-0.1, -0.05) is 110 Å². The van der Waals surface area contributed by atoms with Crippen LogP contribution >= 0.6 is 23.5 Å². The number of aliphatic hydroxyl groups excluding tert-OH is 1. The van der Waals surface area contributed by atoms with Gasteiger partial charge in [0.2, 0.25) is 0 Å². The lowest BCUT2D eigenvalue weighted by molar-refractivity contribution is 0.147. The number of unbranched alkanes of at least 4 members (excludes halogenated alkanes) is 14. The van der Waals surface area contributed by atoms with Crippen molar-refractivity contribution in [3.8, 4) is 17.1 Å². The maximum atomic E-state index is 11.0. The molecule has 1 atom stereocenters. The molecule has 0 spiro atoms. The van der Waals surface area contributed by atoms with Gasteiger partial charge < -0.3 is 9.84 Å². The van der Waals surface area contributed by atoms with Crippen molar-refractivity contribution in [3.05, 3.63) is 42.2 Å². The van der Waals surface area contributed by atoms with Crippen LogP contribution in [0.25, 0.3) is 11.4 Å². The zero-order chi connectivity index (χ0) is 29.7. The van der Waals surface area contributed by atoms with Gasteiger partial charge in [0.15, 0.2) is 5.82 Å². The Morgan fingerprint density at radius 3 is 1.83 bits per heavy atom. The molecule has 2 heterocycles. The number of nitrogens with zero attached hydrogens (tertiary/aromatic N) is 2. The minimum Gasteiger partial charge on any atom is -0.494 e. The van der Waals surface area contributed by atoms with Gasteiger partial charge in [0.05, 0.1) is 16.8 Å². The molecule has 1 aromatic heterocycles. The first-order valence-electron chi connectivity index (χ1n) is 17.2. The third-order valence-electron chi connectivity index (χ3n) is 8.33. The number of hydrogen-bond donors (Lipinski definition) is 1. The molecule has 1 saturated heterocycles. The van der Waals surface area contributed by atoms with Crippen LogP contribution in [-0.4, -0.2) is 39.3 Å². The Morgan fingerprint density at radius 1 is 0.738 bits per heavy atom. The largest absolute Gasteiger partial charge is 0.494 e. The van der Waals surface area contributed by atoms with Gasteiger partial charge >= 0.3 is 0 Å². The predicted octanol–water partition coefficient (Wildman–Crippen LogP) is 11.0. The molecule has 0 amide bonds. The lowest BCUT2D eigenvalue weighted by Crippen LogP contribution is -2.28. The third kappa shape index (κ3) is 13.2. The predicted molar refractivity (Wildman–Crippen MR) is 185 cm³/mol. The zero-order valence-corrected chi connectivity index (χ0v) is 28.3. The van der Waals surface area contributed by atoms with Crippen LogP contribution in [0.2, 0.25) is 0 Å². The molecule has 1 aliphatic heterocycles. The van der Waals surface area contributed by atoms with Crippen molar-refractivity contribution in [3.63, 3.8) is 0 Å². The molecule has 4 nitrogen and oxygen atoms in total. The van der Waals surface area contributed by atoms with E-state index >= 15 is 0 Å². The average Bonchev–Trinajstić information content (AvgIpc) is 3.02. The van der Waals surface area contributed by atoms with Gasteiger partial charge in [-0.3, -0.25) is 0 Å². The number of rotatable bonds is 23. The van der Waals surface area contributed by atoms with Crippen molar-refractivity contribution in [1.29, 1.82) is 0 Å². The molecule has 42 heavy (non-hydrogen) atoms. The van der Waals surface area contributed by atoms with Crippen molar-refractivity contribution in [1.82, 2.24) is 9.97 Å². The maximum absolute atomic E-state index is 11.0. The van der Waals surface area contributed by atoms with E-state index in [4.69, 9.17) is 14.7 Å². The summed E-state index contributed by atoms with van der Waals surface area (Å²) >= 11 is 3.94. The average molecular weight is 615 g/mol. The summed E-state index contributed by atoms with van der Waals surface area (Å²) in [6, 6.07) is 8.20. The molecule has 0 radical (unpaired) electrons. The second-order valence-electron chi connectivity index (χ2n) is 12.1. The fraction of sp³-hybridized carbons (Fsp3) is 0.722. The minimum absolute atomic E-state index is 0.148. The van der Waals surface area contributed by atoms with Crippen LogP contribution < -0.4 is 4.74 Å². The molecule has 0 saturated carbocycles. The van der Waals surface area contributed by atoms with Crippen LogP contribution in [0.1, 0.15) is 141 Å². The van der Waals surface area contributed by atoms with Crippen LogP contribution in [0.5, 0.6) is 5.75 Å². The van der Waals surface area contributed by atoms with Gasteiger partial charge in [0.1, 0.15) is 5.75 Å². The molecule has 0 unspecified atom stereocenters. The second kappa shape index (κ2) is 21.5. The molecule has 1 aliphatic rings. The van der Waals surface area contributed by atoms with Crippen LogP contribution in [-0.2, 0) is 4.08 Å². The highest BCUT2D eigenvalue weighted by molar-refractivity contribution is 8.18. The number of benzene rings is 1. The number of aliphatic hydroxyl groups is 1. The number of aromatic nitrogens is 2. The van der Waals surface area contributed by atoms with Gasteiger partial charge in [0.25, 0.3) is 0 Å². The van der Waals surface area contributed by atoms with E-state index in [9.17, 15) is 5.11 Å². The topological polar surface area (TPSA) is 55.2 Å². The fourth-order valence-corrected chi connectivity index (χ4v) is 9.12. The van der Waals surface area contributed by atoms with Crippen molar-refractivity contribution < 1.29 is 9.84 Å². The summed E-state index contributed by atoms with van der Waals surface area (Å²) in [6.07, 6.45) is 27.5. The van der Waals surface area contributed by atoms with E-state index in [0.717, 1.165) is 66.5 Å².